The van der Waals surface area contributed by atoms with Gasteiger partial charge in [-0.1, -0.05) is 0 Å². The number of likely N-dealkylation sites (tertiary alicyclic amines) is 1. The van der Waals surface area contributed by atoms with Gasteiger partial charge in [-0.25, -0.2) is 4.98 Å². The van der Waals surface area contributed by atoms with Crippen LogP contribution in [0.15, 0.2) is 24.5 Å². The highest BCUT2D eigenvalue weighted by Crippen LogP contribution is 2.36. The molecule has 0 aromatic carbocycles. The molecule has 1 aliphatic rings. The second-order valence-corrected chi connectivity index (χ2v) is 6.73. The Morgan fingerprint density at radius 3 is 2.50 bits per heavy atom. The molecular weight excluding hydrogens is 330 g/mol. The molecule has 0 unspecified atom stereocenters. The third kappa shape index (κ3) is 3.42. The van der Waals surface area contributed by atoms with Crippen LogP contribution in [0, 0.1) is 26.7 Å². The molecule has 2 aromatic heterocycles. The van der Waals surface area contributed by atoms with Crippen LogP contribution in [0.3, 0.4) is 0 Å². The van der Waals surface area contributed by atoms with Crippen molar-refractivity contribution in [1.82, 2.24) is 25.2 Å². The zero-order valence-electron chi connectivity index (χ0n) is 15.5. The van der Waals surface area contributed by atoms with E-state index in [0.29, 0.717) is 24.4 Å². The van der Waals surface area contributed by atoms with Gasteiger partial charge in [0.2, 0.25) is 5.91 Å². The summed E-state index contributed by atoms with van der Waals surface area (Å²) in [6.45, 7) is 5.88. The molecule has 1 N–H and O–H groups in total. The molecule has 1 aliphatic heterocycles. The van der Waals surface area contributed by atoms with Crippen LogP contribution < -0.4 is 5.32 Å². The average molecular weight is 353 g/mol. The molecule has 136 valence electrons. The van der Waals surface area contributed by atoms with Gasteiger partial charge >= 0.3 is 0 Å². The Hall–Kier alpha value is -2.83. The molecular formula is C19H23N5O2. The number of rotatable bonds is 4. The van der Waals surface area contributed by atoms with Crippen molar-refractivity contribution in [2.75, 3.05) is 13.6 Å². The first-order valence-electron chi connectivity index (χ1n) is 8.64. The van der Waals surface area contributed by atoms with E-state index in [1.165, 1.54) is 0 Å². The number of amides is 2. The van der Waals surface area contributed by atoms with Gasteiger partial charge in [0, 0.05) is 38.3 Å². The van der Waals surface area contributed by atoms with E-state index in [2.05, 4.69) is 20.3 Å². The monoisotopic (exact) mass is 353 g/mol. The van der Waals surface area contributed by atoms with Crippen molar-refractivity contribution in [3.05, 3.63) is 52.9 Å². The Balaban J connectivity index is 1.75. The van der Waals surface area contributed by atoms with Crippen LogP contribution in [0.1, 0.15) is 45.6 Å². The Bertz CT molecular complexity index is 837. The Kier molecular flexibility index (Phi) is 4.97. The summed E-state index contributed by atoms with van der Waals surface area (Å²) in [5.74, 6) is -0.180. The summed E-state index contributed by atoms with van der Waals surface area (Å²) in [6, 6.07) is 3.75. The zero-order valence-corrected chi connectivity index (χ0v) is 15.5. The van der Waals surface area contributed by atoms with Crippen molar-refractivity contribution < 1.29 is 9.59 Å². The maximum absolute atomic E-state index is 12.6. The predicted octanol–water partition coefficient (Wildman–Crippen LogP) is 1.75. The lowest BCUT2D eigenvalue weighted by Gasteiger charge is -2.25. The van der Waals surface area contributed by atoms with Gasteiger partial charge in [0.05, 0.1) is 23.1 Å². The van der Waals surface area contributed by atoms with E-state index < -0.39 is 0 Å². The maximum Gasteiger partial charge on any atom is 0.271 e. The van der Waals surface area contributed by atoms with Gasteiger partial charge in [0.25, 0.3) is 5.91 Å². The summed E-state index contributed by atoms with van der Waals surface area (Å²) >= 11 is 0. The summed E-state index contributed by atoms with van der Waals surface area (Å²) in [5, 5.41) is 2.93. The first kappa shape index (κ1) is 18.0. The molecule has 3 heterocycles. The van der Waals surface area contributed by atoms with E-state index in [1.807, 2.05) is 26.0 Å². The maximum atomic E-state index is 12.6. The highest BCUT2D eigenvalue weighted by Gasteiger charge is 2.38. The number of pyridine rings is 1. The molecule has 0 bridgehead atoms. The van der Waals surface area contributed by atoms with Crippen LogP contribution in [-0.4, -0.2) is 45.3 Å². The number of carbonyl (C=O) groups is 2. The number of hydrogen-bond donors (Lipinski definition) is 1. The molecule has 26 heavy (non-hydrogen) atoms. The van der Waals surface area contributed by atoms with Gasteiger partial charge in [-0.05, 0) is 38.5 Å². The van der Waals surface area contributed by atoms with Crippen LogP contribution in [-0.2, 0) is 4.79 Å². The van der Waals surface area contributed by atoms with Crippen LogP contribution in [0.4, 0.5) is 0 Å². The fraction of sp³-hybridized carbons (Fsp3) is 0.421. The minimum atomic E-state index is -0.256. The molecule has 0 aliphatic carbocycles. The molecule has 7 nitrogen and oxygen atoms in total. The highest BCUT2D eigenvalue weighted by molar-refractivity contribution is 5.93. The molecule has 0 radical (unpaired) electrons. The first-order valence-corrected chi connectivity index (χ1v) is 8.64. The smallest absolute Gasteiger partial charge is 0.271 e. The van der Waals surface area contributed by atoms with Gasteiger partial charge in [0.1, 0.15) is 5.69 Å². The number of aromatic nitrogens is 3. The zero-order chi connectivity index (χ0) is 18.8. The molecule has 1 saturated heterocycles. The van der Waals surface area contributed by atoms with E-state index in [0.717, 1.165) is 17.0 Å². The third-order valence-electron chi connectivity index (χ3n) is 4.96. The van der Waals surface area contributed by atoms with E-state index in [1.54, 1.807) is 31.3 Å². The summed E-state index contributed by atoms with van der Waals surface area (Å²) < 4.78 is 0. The average Bonchev–Trinajstić information content (AvgIpc) is 2.91. The minimum absolute atomic E-state index is 0.00124. The SMILES string of the molecule is Cc1nc(C)c(C(=O)NC[C@@H]2CC(=O)N(C)[C@H]2c2ccncc2)nc1C. The molecule has 7 heteroatoms. The normalized spacial score (nSPS) is 19.7. The third-order valence-corrected chi connectivity index (χ3v) is 4.96. The largest absolute Gasteiger partial charge is 0.350 e. The lowest BCUT2D eigenvalue weighted by molar-refractivity contribution is -0.127. The number of carbonyl (C=O) groups excluding carboxylic acids is 2. The predicted molar refractivity (Wildman–Crippen MR) is 96.4 cm³/mol. The quantitative estimate of drug-likeness (QED) is 0.905. The molecule has 2 atom stereocenters. The summed E-state index contributed by atoms with van der Waals surface area (Å²) in [4.78, 5) is 39.3. The minimum Gasteiger partial charge on any atom is -0.350 e. The second-order valence-electron chi connectivity index (χ2n) is 6.73. The standard InChI is InChI=1S/C19H23N5O2/c1-11-12(2)23-17(13(3)22-11)19(26)21-10-15-9-16(25)24(4)18(15)14-5-7-20-8-6-14/h5-8,15,18H,9-10H2,1-4H3,(H,21,26)/t15-,18-/m0/s1. The van der Waals surface area contributed by atoms with Gasteiger partial charge in [-0.15, -0.1) is 0 Å². The van der Waals surface area contributed by atoms with Crippen molar-refractivity contribution >= 4 is 11.8 Å². The van der Waals surface area contributed by atoms with Crippen LogP contribution in [0.5, 0.6) is 0 Å². The molecule has 0 spiro atoms. The fourth-order valence-electron chi connectivity index (χ4n) is 3.43. The Morgan fingerprint density at radius 1 is 1.15 bits per heavy atom. The van der Waals surface area contributed by atoms with E-state index in [-0.39, 0.29) is 23.8 Å². The van der Waals surface area contributed by atoms with E-state index in [9.17, 15) is 9.59 Å². The summed E-state index contributed by atoms with van der Waals surface area (Å²) in [6.07, 6.45) is 3.84. The van der Waals surface area contributed by atoms with Gasteiger partial charge in [-0.2, -0.15) is 0 Å². The number of aryl methyl sites for hydroxylation is 3. The highest BCUT2D eigenvalue weighted by atomic mass is 16.2. The van der Waals surface area contributed by atoms with Crippen LogP contribution >= 0.6 is 0 Å². The molecule has 2 aromatic rings. The van der Waals surface area contributed by atoms with Crippen molar-refractivity contribution in [2.24, 2.45) is 5.92 Å². The molecule has 0 saturated carbocycles. The second kappa shape index (κ2) is 7.19. The number of nitrogens with one attached hydrogen (secondary N) is 1. The molecule has 3 rings (SSSR count). The lowest BCUT2D eigenvalue weighted by Crippen LogP contribution is -2.33. The van der Waals surface area contributed by atoms with E-state index >= 15 is 0 Å². The Labute approximate surface area is 152 Å². The van der Waals surface area contributed by atoms with Crippen LogP contribution in [0.25, 0.3) is 0 Å². The topological polar surface area (TPSA) is 88.1 Å². The van der Waals surface area contributed by atoms with Crippen molar-refractivity contribution in [3.8, 4) is 0 Å². The lowest BCUT2D eigenvalue weighted by atomic mass is 9.94. The number of nitrogens with zero attached hydrogens (tertiary/aromatic N) is 4. The van der Waals surface area contributed by atoms with Crippen molar-refractivity contribution in [1.29, 1.82) is 0 Å². The molecule has 1 fully saturated rings. The van der Waals surface area contributed by atoms with Gasteiger partial charge in [0.15, 0.2) is 0 Å². The van der Waals surface area contributed by atoms with Gasteiger partial charge in [-0.3, -0.25) is 19.6 Å². The number of hydrogen-bond acceptors (Lipinski definition) is 5. The van der Waals surface area contributed by atoms with Crippen molar-refractivity contribution in [3.63, 3.8) is 0 Å². The summed E-state index contributed by atoms with van der Waals surface area (Å²) in [7, 11) is 1.80. The Morgan fingerprint density at radius 2 is 1.81 bits per heavy atom. The summed E-state index contributed by atoms with van der Waals surface area (Å²) in [5.41, 5.74) is 3.53. The van der Waals surface area contributed by atoms with Crippen molar-refractivity contribution in [2.45, 2.75) is 33.2 Å². The van der Waals surface area contributed by atoms with Crippen LogP contribution in [0.2, 0.25) is 0 Å². The van der Waals surface area contributed by atoms with E-state index in [4.69, 9.17) is 0 Å². The fourth-order valence-corrected chi connectivity index (χ4v) is 3.43. The first-order chi connectivity index (χ1) is 12.4. The van der Waals surface area contributed by atoms with Gasteiger partial charge < -0.3 is 10.2 Å². The molecule has 2 amide bonds.